The molecule has 0 bridgehead atoms. The van der Waals surface area contributed by atoms with Gasteiger partial charge in [0, 0.05) is 10.6 Å². The fourth-order valence-electron chi connectivity index (χ4n) is 4.13. The lowest BCUT2D eigenvalue weighted by atomic mass is 9.95. The second kappa shape index (κ2) is 8.48. The lowest BCUT2D eigenvalue weighted by Crippen LogP contribution is -2.02. The van der Waals surface area contributed by atoms with Crippen LogP contribution in [0.3, 0.4) is 0 Å². The molecular weight excluding hydrogens is 371 g/mol. The molecule has 1 N–H and O–H groups in total. The van der Waals surface area contributed by atoms with Crippen molar-refractivity contribution in [1.29, 1.82) is 0 Å². The van der Waals surface area contributed by atoms with Gasteiger partial charge in [-0.15, -0.1) is 0 Å². The van der Waals surface area contributed by atoms with Crippen LogP contribution in [0.2, 0.25) is 5.02 Å². The number of benzene rings is 1. The van der Waals surface area contributed by atoms with E-state index in [1.54, 1.807) is 13.8 Å². The monoisotopic (exact) mass is 398 g/mol. The first-order chi connectivity index (χ1) is 12.5. The molecule has 144 valence electrons. The number of aliphatic hydroxyl groups is 1. The Morgan fingerprint density at radius 2 is 1.85 bits per heavy atom. The van der Waals surface area contributed by atoms with Crippen LogP contribution in [0.15, 0.2) is 17.6 Å². The average Bonchev–Trinajstić information content (AvgIpc) is 3.25. The normalized spacial score (nSPS) is 19.8. The predicted octanol–water partition coefficient (Wildman–Crippen LogP) is 6.51. The minimum Gasteiger partial charge on any atom is -0.501 e. The smallest absolute Gasteiger partial charge is 0.395 e. The number of fused-ring (bicyclic) bond motifs is 1. The van der Waals surface area contributed by atoms with Crippen molar-refractivity contribution in [2.45, 2.75) is 58.8 Å². The highest BCUT2D eigenvalue weighted by molar-refractivity contribution is 7.58. The highest BCUT2D eigenvalue weighted by Gasteiger charge is 2.35. The van der Waals surface area contributed by atoms with Crippen molar-refractivity contribution in [3.8, 4) is 0 Å². The maximum atomic E-state index is 12.9. The molecule has 2 aliphatic rings. The molecule has 0 amide bonds. The van der Waals surface area contributed by atoms with Gasteiger partial charge >= 0.3 is 7.60 Å². The predicted molar refractivity (Wildman–Crippen MR) is 106 cm³/mol. The number of rotatable bonds is 7. The lowest BCUT2D eigenvalue weighted by molar-refractivity contribution is 0.211. The zero-order chi connectivity index (χ0) is 18.7. The molecule has 4 nitrogen and oxygen atoms in total. The van der Waals surface area contributed by atoms with Crippen LogP contribution >= 0.6 is 19.2 Å². The molecule has 0 atom stereocenters. The number of aryl methyl sites for hydroxylation is 1. The highest BCUT2D eigenvalue weighted by atomic mass is 35.5. The van der Waals surface area contributed by atoms with Crippen molar-refractivity contribution in [1.82, 2.24) is 0 Å². The topological polar surface area (TPSA) is 55.8 Å². The van der Waals surface area contributed by atoms with Gasteiger partial charge in [0.15, 0.2) is 0 Å². The van der Waals surface area contributed by atoms with Crippen molar-refractivity contribution in [2.75, 3.05) is 13.2 Å². The van der Waals surface area contributed by atoms with Gasteiger partial charge in [0.2, 0.25) is 5.50 Å². The highest BCUT2D eigenvalue weighted by Crippen LogP contribution is 2.58. The third-order valence-electron chi connectivity index (χ3n) is 5.35. The summed E-state index contributed by atoms with van der Waals surface area (Å²) in [4.78, 5) is 0. The standard InChI is InChI=1S/C20H28ClO4P/c1-3-24-26(23,25-4-2)20(22)17-10-9-15-12-16(19(21)13-18(15)17)11-14-7-5-6-8-14/h12-14,22H,3-11H2,1-2H3/b20-17-. The van der Waals surface area contributed by atoms with Gasteiger partial charge in [-0.2, -0.15) is 0 Å². The summed E-state index contributed by atoms with van der Waals surface area (Å²) < 4.78 is 23.5. The Balaban J connectivity index is 1.93. The fraction of sp³-hybridized carbons (Fsp3) is 0.600. The van der Waals surface area contributed by atoms with Gasteiger partial charge in [0.05, 0.1) is 13.2 Å². The van der Waals surface area contributed by atoms with E-state index in [9.17, 15) is 9.67 Å². The van der Waals surface area contributed by atoms with Crippen molar-refractivity contribution < 1.29 is 18.7 Å². The van der Waals surface area contributed by atoms with Crippen LogP contribution in [-0.4, -0.2) is 18.3 Å². The van der Waals surface area contributed by atoms with E-state index in [2.05, 4.69) is 6.07 Å². The third-order valence-corrected chi connectivity index (χ3v) is 7.69. The third kappa shape index (κ3) is 4.04. The Morgan fingerprint density at radius 1 is 1.19 bits per heavy atom. The van der Waals surface area contributed by atoms with Crippen LogP contribution in [0.25, 0.3) is 5.57 Å². The number of hydrogen-bond donors (Lipinski definition) is 1. The molecule has 6 heteroatoms. The Morgan fingerprint density at radius 3 is 2.46 bits per heavy atom. The molecule has 0 aromatic heterocycles. The van der Waals surface area contributed by atoms with E-state index >= 15 is 0 Å². The van der Waals surface area contributed by atoms with Crippen molar-refractivity contribution in [3.63, 3.8) is 0 Å². The Kier molecular flexibility index (Phi) is 6.50. The zero-order valence-electron chi connectivity index (χ0n) is 15.6. The van der Waals surface area contributed by atoms with E-state index in [0.29, 0.717) is 12.0 Å². The van der Waals surface area contributed by atoms with E-state index in [4.69, 9.17) is 20.6 Å². The minimum absolute atomic E-state index is 0.211. The van der Waals surface area contributed by atoms with Gasteiger partial charge < -0.3 is 14.2 Å². The fourth-order valence-corrected chi connectivity index (χ4v) is 5.93. The van der Waals surface area contributed by atoms with Crippen LogP contribution in [0.5, 0.6) is 0 Å². The van der Waals surface area contributed by atoms with Crippen LogP contribution < -0.4 is 0 Å². The van der Waals surface area contributed by atoms with E-state index in [-0.39, 0.29) is 18.7 Å². The largest absolute Gasteiger partial charge is 0.501 e. The summed E-state index contributed by atoms with van der Waals surface area (Å²) in [6, 6.07) is 4.09. The second-order valence-electron chi connectivity index (χ2n) is 7.09. The van der Waals surface area contributed by atoms with Gasteiger partial charge in [-0.05, 0) is 61.8 Å². The summed E-state index contributed by atoms with van der Waals surface area (Å²) in [5.41, 5.74) is 3.60. The van der Waals surface area contributed by atoms with Gasteiger partial charge in [0.1, 0.15) is 0 Å². The molecule has 2 aliphatic carbocycles. The van der Waals surface area contributed by atoms with Gasteiger partial charge in [-0.1, -0.05) is 43.4 Å². The molecule has 1 saturated carbocycles. The quantitative estimate of drug-likeness (QED) is 0.420. The van der Waals surface area contributed by atoms with Gasteiger partial charge in [0.25, 0.3) is 0 Å². The number of hydrogen-bond acceptors (Lipinski definition) is 4. The van der Waals surface area contributed by atoms with E-state index in [1.165, 1.54) is 31.2 Å². The molecule has 0 saturated heterocycles. The molecular formula is C20H28ClO4P. The SMILES string of the molecule is CCOP(=O)(OCC)/C(O)=C1/CCc2cc(CC3CCCC3)c(Cl)cc21. The summed E-state index contributed by atoms with van der Waals surface area (Å²) in [6.45, 7) is 3.89. The molecule has 1 aromatic rings. The summed E-state index contributed by atoms with van der Waals surface area (Å²) >= 11 is 6.56. The van der Waals surface area contributed by atoms with Crippen LogP contribution in [0, 0.1) is 5.92 Å². The molecule has 0 spiro atoms. The maximum absolute atomic E-state index is 12.9. The Bertz CT molecular complexity index is 728. The first-order valence-corrected chi connectivity index (χ1v) is 11.5. The molecule has 0 radical (unpaired) electrons. The summed E-state index contributed by atoms with van der Waals surface area (Å²) in [7, 11) is -3.67. The number of aliphatic hydroxyl groups excluding tert-OH is 1. The number of halogens is 1. The Labute approximate surface area is 161 Å². The van der Waals surface area contributed by atoms with Crippen molar-refractivity contribution in [2.24, 2.45) is 5.92 Å². The number of allylic oxidation sites excluding steroid dienone is 1. The molecule has 0 heterocycles. The summed E-state index contributed by atoms with van der Waals surface area (Å²) in [5.74, 6) is 0.728. The Hall–Kier alpha value is -0.800. The van der Waals surface area contributed by atoms with E-state index in [1.807, 2.05) is 6.07 Å². The van der Waals surface area contributed by atoms with E-state index in [0.717, 1.165) is 34.9 Å². The van der Waals surface area contributed by atoms with E-state index < -0.39 is 7.60 Å². The average molecular weight is 399 g/mol. The van der Waals surface area contributed by atoms with Gasteiger partial charge in [-0.3, -0.25) is 4.57 Å². The summed E-state index contributed by atoms with van der Waals surface area (Å²) in [6.07, 6.45) is 7.65. The zero-order valence-corrected chi connectivity index (χ0v) is 17.2. The van der Waals surface area contributed by atoms with Crippen LogP contribution in [0.4, 0.5) is 0 Å². The van der Waals surface area contributed by atoms with Crippen LogP contribution in [-0.2, 0) is 26.5 Å². The molecule has 26 heavy (non-hydrogen) atoms. The van der Waals surface area contributed by atoms with Crippen molar-refractivity contribution in [3.05, 3.63) is 39.3 Å². The molecule has 3 rings (SSSR count). The molecule has 1 aromatic carbocycles. The molecule has 0 unspecified atom stereocenters. The lowest BCUT2D eigenvalue weighted by Gasteiger charge is -2.18. The van der Waals surface area contributed by atoms with Gasteiger partial charge in [-0.25, -0.2) is 0 Å². The molecule has 1 fully saturated rings. The molecule has 0 aliphatic heterocycles. The van der Waals surface area contributed by atoms with Crippen LogP contribution in [0.1, 0.15) is 62.6 Å². The maximum Gasteiger partial charge on any atom is 0.395 e. The first-order valence-electron chi connectivity index (χ1n) is 9.62. The van der Waals surface area contributed by atoms with Crippen molar-refractivity contribution >= 4 is 24.8 Å². The minimum atomic E-state index is -3.67. The second-order valence-corrected chi connectivity index (χ2v) is 9.43. The first kappa shape index (κ1) is 19.9. The summed E-state index contributed by atoms with van der Waals surface area (Å²) in [5, 5.41) is 11.4.